The SMILES string of the molecule is CCCCCC=CCC=CCCCCCCCC(=O)OC1COC(C(C)C)OC1. The van der Waals surface area contributed by atoms with Crippen molar-refractivity contribution in [3.05, 3.63) is 24.3 Å². The Morgan fingerprint density at radius 3 is 2.10 bits per heavy atom. The monoisotopic (exact) mass is 408 g/mol. The smallest absolute Gasteiger partial charge is 0.306 e. The summed E-state index contributed by atoms with van der Waals surface area (Å²) in [6.07, 6.45) is 22.2. The molecule has 0 bridgehead atoms. The van der Waals surface area contributed by atoms with Crippen LogP contribution >= 0.6 is 0 Å². The van der Waals surface area contributed by atoms with E-state index in [1.54, 1.807) is 0 Å². The molecule has 1 aliphatic heterocycles. The zero-order valence-corrected chi connectivity index (χ0v) is 19.1. The molecule has 4 nitrogen and oxygen atoms in total. The molecule has 1 fully saturated rings. The molecule has 0 aromatic heterocycles. The molecule has 1 rings (SSSR count). The highest BCUT2D eigenvalue weighted by Crippen LogP contribution is 2.16. The van der Waals surface area contributed by atoms with Crippen molar-refractivity contribution in [1.82, 2.24) is 0 Å². The van der Waals surface area contributed by atoms with Crippen LogP contribution in [-0.2, 0) is 19.0 Å². The number of esters is 1. The van der Waals surface area contributed by atoms with Crippen LogP contribution in [0.1, 0.15) is 97.8 Å². The van der Waals surface area contributed by atoms with Gasteiger partial charge < -0.3 is 14.2 Å². The Morgan fingerprint density at radius 2 is 1.48 bits per heavy atom. The number of ether oxygens (including phenoxy) is 3. The lowest BCUT2D eigenvalue weighted by Gasteiger charge is -2.31. The average molecular weight is 409 g/mol. The first kappa shape index (κ1) is 25.9. The number of rotatable bonds is 16. The van der Waals surface area contributed by atoms with Gasteiger partial charge in [0.15, 0.2) is 6.29 Å². The number of hydrogen-bond donors (Lipinski definition) is 0. The Bertz CT molecular complexity index is 448. The first-order chi connectivity index (χ1) is 14.1. The van der Waals surface area contributed by atoms with Gasteiger partial charge in [0, 0.05) is 12.3 Å². The van der Waals surface area contributed by atoms with Gasteiger partial charge in [-0.15, -0.1) is 0 Å². The van der Waals surface area contributed by atoms with E-state index in [1.807, 2.05) is 0 Å². The van der Waals surface area contributed by atoms with Gasteiger partial charge in [0.2, 0.25) is 0 Å². The van der Waals surface area contributed by atoms with E-state index in [4.69, 9.17) is 14.2 Å². The van der Waals surface area contributed by atoms with Crippen molar-refractivity contribution in [3.8, 4) is 0 Å². The highest BCUT2D eigenvalue weighted by atomic mass is 16.7. The molecule has 0 aliphatic carbocycles. The summed E-state index contributed by atoms with van der Waals surface area (Å²) in [4.78, 5) is 11.9. The summed E-state index contributed by atoms with van der Waals surface area (Å²) in [5.74, 6) is 0.190. The van der Waals surface area contributed by atoms with Crippen LogP contribution in [0, 0.1) is 5.92 Å². The molecule has 0 aromatic rings. The number of hydrogen-bond acceptors (Lipinski definition) is 4. The normalized spacial score (nSPS) is 20.1. The van der Waals surface area contributed by atoms with E-state index >= 15 is 0 Å². The highest BCUT2D eigenvalue weighted by Gasteiger charge is 2.26. The lowest BCUT2D eigenvalue weighted by Crippen LogP contribution is -2.40. The van der Waals surface area contributed by atoms with Gasteiger partial charge in [0.05, 0.1) is 13.2 Å². The molecule has 0 aromatic carbocycles. The second kappa shape index (κ2) is 17.7. The van der Waals surface area contributed by atoms with Gasteiger partial charge in [-0.3, -0.25) is 4.79 Å². The molecule has 0 saturated carbocycles. The van der Waals surface area contributed by atoms with E-state index in [0.29, 0.717) is 25.6 Å². The molecule has 0 N–H and O–H groups in total. The van der Waals surface area contributed by atoms with Crippen molar-refractivity contribution in [2.45, 2.75) is 110 Å². The minimum absolute atomic E-state index is 0.129. The molecule has 1 heterocycles. The van der Waals surface area contributed by atoms with E-state index in [9.17, 15) is 4.79 Å². The molecular formula is C25H44O4. The van der Waals surface area contributed by atoms with Crippen LogP contribution in [-0.4, -0.2) is 31.6 Å². The third kappa shape index (κ3) is 14.5. The lowest BCUT2D eigenvalue weighted by atomic mass is 10.1. The molecule has 0 atom stereocenters. The average Bonchev–Trinajstić information content (AvgIpc) is 2.71. The number of carbonyl (C=O) groups excluding carboxylic acids is 1. The third-order valence-electron chi connectivity index (χ3n) is 5.07. The zero-order chi connectivity index (χ0) is 21.2. The second-order valence-corrected chi connectivity index (χ2v) is 8.37. The van der Waals surface area contributed by atoms with Crippen LogP contribution in [0.3, 0.4) is 0 Å². The quantitative estimate of drug-likeness (QED) is 0.161. The fraction of sp³-hybridized carbons (Fsp3) is 0.800. The number of allylic oxidation sites excluding steroid dienone is 4. The van der Waals surface area contributed by atoms with Crippen molar-refractivity contribution in [3.63, 3.8) is 0 Å². The minimum Gasteiger partial charge on any atom is -0.457 e. The Balaban J connectivity index is 1.88. The summed E-state index contributed by atoms with van der Waals surface area (Å²) in [5.41, 5.74) is 0. The molecule has 1 saturated heterocycles. The molecule has 1 aliphatic rings. The fourth-order valence-electron chi connectivity index (χ4n) is 3.28. The largest absolute Gasteiger partial charge is 0.457 e. The Kier molecular flexibility index (Phi) is 15.8. The lowest BCUT2D eigenvalue weighted by molar-refractivity contribution is -0.239. The predicted octanol–water partition coefficient (Wildman–Crippen LogP) is 6.74. The Morgan fingerprint density at radius 1 is 0.897 bits per heavy atom. The van der Waals surface area contributed by atoms with E-state index in [2.05, 4.69) is 45.1 Å². The summed E-state index contributed by atoms with van der Waals surface area (Å²) in [7, 11) is 0. The van der Waals surface area contributed by atoms with E-state index in [-0.39, 0.29) is 18.4 Å². The standard InChI is InChI=1S/C25H44O4/c1-4-5-6-7-8-9-10-11-12-13-14-15-16-17-18-19-24(26)29-23-20-27-25(22(2)3)28-21-23/h8-9,11-12,22-23,25H,4-7,10,13-21H2,1-3H3. The van der Waals surface area contributed by atoms with Crippen LogP contribution in [0.5, 0.6) is 0 Å². The van der Waals surface area contributed by atoms with Gasteiger partial charge in [0.25, 0.3) is 0 Å². The van der Waals surface area contributed by atoms with Gasteiger partial charge in [-0.05, 0) is 38.5 Å². The van der Waals surface area contributed by atoms with E-state index < -0.39 is 0 Å². The van der Waals surface area contributed by atoms with Crippen molar-refractivity contribution >= 4 is 5.97 Å². The molecule has 29 heavy (non-hydrogen) atoms. The summed E-state index contributed by atoms with van der Waals surface area (Å²) in [5, 5.41) is 0. The van der Waals surface area contributed by atoms with Crippen LogP contribution in [0.25, 0.3) is 0 Å². The van der Waals surface area contributed by atoms with Gasteiger partial charge in [0.1, 0.15) is 6.10 Å². The first-order valence-corrected chi connectivity index (χ1v) is 11.9. The molecule has 0 amide bonds. The molecule has 168 valence electrons. The molecule has 0 spiro atoms. The van der Waals surface area contributed by atoms with Crippen LogP contribution in [0.15, 0.2) is 24.3 Å². The maximum atomic E-state index is 11.9. The fourth-order valence-corrected chi connectivity index (χ4v) is 3.28. The van der Waals surface area contributed by atoms with Gasteiger partial charge in [-0.1, -0.05) is 77.2 Å². The minimum atomic E-state index is -0.254. The zero-order valence-electron chi connectivity index (χ0n) is 19.1. The molecule has 0 radical (unpaired) electrons. The summed E-state index contributed by atoms with van der Waals surface area (Å²) < 4.78 is 16.6. The topological polar surface area (TPSA) is 44.8 Å². The molecule has 4 heteroatoms. The van der Waals surface area contributed by atoms with Gasteiger partial charge in [-0.25, -0.2) is 0 Å². The predicted molar refractivity (Wildman–Crippen MR) is 120 cm³/mol. The maximum absolute atomic E-state index is 11.9. The summed E-state index contributed by atoms with van der Waals surface area (Å²) in [6, 6.07) is 0. The first-order valence-electron chi connectivity index (χ1n) is 11.9. The van der Waals surface area contributed by atoms with Gasteiger partial charge in [-0.2, -0.15) is 0 Å². The van der Waals surface area contributed by atoms with Gasteiger partial charge >= 0.3 is 5.97 Å². The summed E-state index contributed by atoms with van der Waals surface area (Å²) in [6.45, 7) is 7.24. The van der Waals surface area contributed by atoms with Crippen molar-refractivity contribution in [2.75, 3.05) is 13.2 Å². The molecule has 0 unspecified atom stereocenters. The highest BCUT2D eigenvalue weighted by molar-refractivity contribution is 5.69. The van der Waals surface area contributed by atoms with Crippen molar-refractivity contribution in [2.24, 2.45) is 5.92 Å². The number of carbonyl (C=O) groups is 1. The third-order valence-corrected chi connectivity index (χ3v) is 5.07. The van der Waals surface area contributed by atoms with Crippen molar-refractivity contribution in [1.29, 1.82) is 0 Å². The van der Waals surface area contributed by atoms with Crippen molar-refractivity contribution < 1.29 is 19.0 Å². The molecular weight excluding hydrogens is 364 g/mol. The van der Waals surface area contributed by atoms with Crippen LogP contribution < -0.4 is 0 Å². The number of unbranched alkanes of at least 4 members (excludes halogenated alkanes) is 8. The Labute approximate surface area is 179 Å². The second-order valence-electron chi connectivity index (χ2n) is 8.37. The van der Waals surface area contributed by atoms with E-state index in [1.165, 1.54) is 44.9 Å². The Hall–Kier alpha value is -1.13. The van der Waals surface area contributed by atoms with Crippen LogP contribution in [0.2, 0.25) is 0 Å². The van der Waals surface area contributed by atoms with Crippen LogP contribution in [0.4, 0.5) is 0 Å². The summed E-state index contributed by atoms with van der Waals surface area (Å²) >= 11 is 0. The maximum Gasteiger partial charge on any atom is 0.306 e. The van der Waals surface area contributed by atoms with E-state index in [0.717, 1.165) is 25.7 Å².